The van der Waals surface area contributed by atoms with E-state index in [1.54, 1.807) is 11.1 Å². The Morgan fingerprint density at radius 2 is 2.12 bits per heavy atom. The minimum absolute atomic E-state index is 0.145. The monoisotopic (exact) mass is 482 g/mol. The Bertz CT molecular complexity index is 935. The van der Waals surface area contributed by atoms with E-state index in [2.05, 4.69) is 23.8 Å². The van der Waals surface area contributed by atoms with Gasteiger partial charge < -0.3 is 14.2 Å². The second-order valence-electron chi connectivity index (χ2n) is 9.13. The van der Waals surface area contributed by atoms with Gasteiger partial charge in [0, 0.05) is 31.0 Å². The Balaban J connectivity index is 1.62. The Morgan fingerprint density at radius 1 is 1.33 bits per heavy atom. The van der Waals surface area contributed by atoms with E-state index in [-0.39, 0.29) is 31.4 Å². The van der Waals surface area contributed by atoms with Crippen LogP contribution in [0, 0.1) is 5.92 Å². The zero-order chi connectivity index (χ0) is 24.0. The first-order valence-electron chi connectivity index (χ1n) is 12.0. The van der Waals surface area contributed by atoms with Crippen molar-refractivity contribution in [1.82, 2.24) is 14.5 Å². The summed E-state index contributed by atoms with van der Waals surface area (Å²) in [5.41, 5.74) is 2.23. The number of rotatable bonds is 12. The van der Waals surface area contributed by atoms with Gasteiger partial charge in [-0.3, -0.25) is 4.79 Å². The number of alkyl halides is 2. The average molecular weight is 483 g/mol. The van der Waals surface area contributed by atoms with Gasteiger partial charge in [0.1, 0.15) is 5.52 Å². The van der Waals surface area contributed by atoms with Gasteiger partial charge >= 0.3 is 5.97 Å². The molecule has 1 atom stereocenters. The number of anilines is 1. The molecule has 1 aliphatic rings. The highest BCUT2D eigenvalue weighted by molar-refractivity contribution is 7.99. The van der Waals surface area contributed by atoms with E-state index in [1.165, 1.54) is 11.8 Å². The first kappa shape index (κ1) is 25.7. The van der Waals surface area contributed by atoms with Crippen molar-refractivity contribution >= 4 is 34.5 Å². The van der Waals surface area contributed by atoms with E-state index < -0.39 is 5.92 Å². The minimum Gasteiger partial charge on any atom is -0.465 e. The van der Waals surface area contributed by atoms with Gasteiger partial charge in [-0.1, -0.05) is 44.9 Å². The summed E-state index contributed by atoms with van der Waals surface area (Å²) in [4.78, 5) is 23.0. The van der Waals surface area contributed by atoms with Crippen molar-refractivity contribution in [3.05, 3.63) is 12.4 Å². The van der Waals surface area contributed by atoms with Crippen LogP contribution in [0.1, 0.15) is 72.3 Å². The molecule has 1 aliphatic heterocycles. The first-order chi connectivity index (χ1) is 15.7. The van der Waals surface area contributed by atoms with Crippen LogP contribution < -0.4 is 4.90 Å². The quantitative estimate of drug-likeness (QED) is 0.207. The standard InChI is InChI=1S/C24H36F2N4O2S/c1-5-7-8-18(6-2)15-32-21(31)9-12-33-23-27-13-19-22(28-23)20(14-30(19)17(3)4)29-11-10-24(25,26)16-29/h13-14,17-18H,5-12,15-16H2,1-4H3. The van der Waals surface area contributed by atoms with Crippen molar-refractivity contribution in [2.75, 3.05) is 30.3 Å². The molecule has 184 valence electrons. The van der Waals surface area contributed by atoms with Crippen LogP contribution in [0.4, 0.5) is 14.5 Å². The summed E-state index contributed by atoms with van der Waals surface area (Å²) in [6.07, 6.45) is 8.19. The number of thioether (sulfide) groups is 1. The fraction of sp³-hybridized carbons (Fsp3) is 0.708. The average Bonchev–Trinajstić information content (AvgIpc) is 3.33. The Labute approximate surface area is 199 Å². The molecular formula is C24H36F2N4O2S. The molecule has 0 saturated carbocycles. The summed E-state index contributed by atoms with van der Waals surface area (Å²) in [5, 5.41) is 0.540. The molecule has 0 aromatic carbocycles. The summed E-state index contributed by atoms with van der Waals surface area (Å²) < 4.78 is 35.2. The van der Waals surface area contributed by atoms with Crippen molar-refractivity contribution in [2.45, 2.75) is 83.3 Å². The number of unbranched alkanes of at least 4 members (excludes halogenated alkanes) is 1. The highest BCUT2D eigenvalue weighted by Gasteiger charge is 2.39. The molecule has 0 spiro atoms. The SMILES string of the molecule is CCCCC(CC)COC(=O)CCSc1ncc2c(n1)c(N1CCC(F)(F)C1)cn2C(C)C. The molecular weight excluding hydrogens is 446 g/mol. The normalized spacial score (nSPS) is 16.6. The van der Waals surface area contributed by atoms with E-state index >= 15 is 0 Å². The molecule has 0 amide bonds. The van der Waals surface area contributed by atoms with Crippen molar-refractivity contribution in [1.29, 1.82) is 0 Å². The van der Waals surface area contributed by atoms with Crippen molar-refractivity contribution in [3.63, 3.8) is 0 Å². The van der Waals surface area contributed by atoms with Crippen LogP contribution >= 0.6 is 11.8 Å². The lowest BCUT2D eigenvalue weighted by molar-refractivity contribution is -0.144. The van der Waals surface area contributed by atoms with Crippen molar-refractivity contribution in [2.24, 2.45) is 5.92 Å². The number of halogens is 2. The lowest BCUT2D eigenvalue weighted by Crippen LogP contribution is -2.24. The van der Waals surface area contributed by atoms with Crippen LogP contribution in [0.5, 0.6) is 0 Å². The summed E-state index contributed by atoms with van der Waals surface area (Å²) in [5.74, 6) is -1.94. The Hall–Kier alpha value is -1.90. The third kappa shape index (κ3) is 6.80. The van der Waals surface area contributed by atoms with Gasteiger partial charge in [-0.05, 0) is 26.2 Å². The largest absolute Gasteiger partial charge is 0.465 e. The number of carbonyl (C=O) groups excluding carboxylic acids is 1. The topological polar surface area (TPSA) is 60.2 Å². The van der Waals surface area contributed by atoms with Crippen molar-refractivity contribution in [3.8, 4) is 0 Å². The number of hydrogen-bond acceptors (Lipinski definition) is 6. The molecule has 2 aromatic rings. The van der Waals surface area contributed by atoms with Gasteiger partial charge in [0.2, 0.25) is 0 Å². The number of nitrogens with zero attached hydrogens (tertiary/aromatic N) is 4. The maximum Gasteiger partial charge on any atom is 0.306 e. The number of fused-ring (bicyclic) bond motifs is 1. The number of ether oxygens (including phenoxy) is 1. The van der Waals surface area contributed by atoms with Crippen LogP contribution in [0.25, 0.3) is 11.0 Å². The summed E-state index contributed by atoms with van der Waals surface area (Å²) in [7, 11) is 0. The van der Waals surface area contributed by atoms with E-state index in [4.69, 9.17) is 4.74 Å². The fourth-order valence-electron chi connectivity index (χ4n) is 4.08. The van der Waals surface area contributed by atoms with Gasteiger partial charge in [0.15, 0.2) is 5.16 Å². The van der Waals surface area contributed by atoms with E-state index in [1.807, 2.05) is 24.6 Å². The van der Waals surface area contributed by atoms with Gasteiger partial charge in [-0.2, -0.15) is 0 Å². The van der Waals surface area contributed by atoms with E-state index in [9.17, 15) is 13.6 Å². The van der Waals surface area contributed by atoms with Crippen LogP contribution in [-0.4, -0.2) is 51.9 Å². The summed E-state index contributed by atoms with van der Waals surface area (Å²) in [6, 6.07) is 0.158. The number of esters is 1. The van der Waals surface area contributed by atoms with Crippen LogP contribution in [0.2, 0.25) is 0 Å². The van der Waals surface area contributed by atoms with Crippen molar-refractivity contribution < 1.29 is 18.3 Å². The lowest BCUT2D eigenvalue weighted by Gasteiger charge is -2.16. The minimum atomic E-state index is -2.68. The third-order valence-electron chi connectivity index (χ3n) is 6.16. The molecule has 1 unspecified atom stereocenters. The number of carbonyl (C=O) groups is 1. The molecule has 0 bridgehead atoms. The highest BCUT2D eigenvalue weighted by Crippen LogP contribution is 2.36. The Kier molecular flexibility index (Phi) is 8.95. The van der Waals surface area contributed by atoms with E-state index in [0.717, 1.165) is 36.9 Å². The number of aromatic nitrogens is 3. The maximum atomic E-state index is 13.8. The van der Waals surface area contributed by atoms with Crippen LogP contribution in [0.15, 0.2) is 17.6 Å². The first-order valence-corrected chi connectivity index (χ1v) is 13.0. The van der Waals surface area contributed by atoms with E-state index in [0.29, 0.717) is 35.5 Å². The molecule has 33 heavy (non-hydrogen) atoms. The van der Waals surface area contributed by atoms with Crippen LogP contribution in [-0.2, 0) is 9.53 Å². The second-order valence-corrected chi connectivity index (χ2v) is 10.2. The fourth-order valence-corrected chi connectivity index (χ4v) is 4.81. The molecule has 0 aliphatic carbocycles. The molecule has 3 heterocycles. The predicted molar refractivity (Wildman–Crippen MR) is 129 cm³/mol. The molecule has 1 saturated heterocycles. The van der Waals surface area contributed by atoms with Gasteiger partial charge in [-0.15, -0.1) is 0 Å². The number of hydrogen-bond donors (Lipinski definition) is 0. The molecule has 1 fully saturated rings. The third-order valence-corrected chi connectivity index (χ3v) is 7.02. The summed E-state index contributed by atoms with van der Waals surface area (Å²) in [6.45, 7) is 8.87. The molecule has 9 heteroatoms. The van der Waals surface area contributed by atoms with Gasteiger partial charge in [0.05, 0.1) is 37.0 Å². The maximum absolute atomic E-state index is 13.8. The van der Waals surface area contributed by atoms with Gasteiger partial charge in [0.25, 0.3) is 5.92 Å². The summed E-state index contributed by atoms with van der Waals surface area (Å²) >= 11 is 1.39. The molecule has 3 rings (SSSR count). The zero-order valence-electron chi connectivity index (χ0n) is 20.1. The lowest BCUT2D eigenvalue weighted by atomic mass is 10.0. The Morgan fingerprint density at radius 3 is 2.76 bits per heavy atom. The molecule has 0 N–H and O–H groups in total. The predicted octanol–water partition coefficient (Wildman–Crippen LogP) is 6.10. The highest BCUT2D eigenvalue weighted by atomic mass is 32.2. The smallest absolute Gasteiger partial charge is 0.306 e. The molecule has 6 nitrogen and oxygen atoms in total. The second kappa shape index (κ2) is 11.5. The zero-order valence-corrected chi connectivity index (χ0v) is 21.0. The molecule has 2 aromatic heterocycles. The van der Waals surface area contributed by atoms with Crippen LogP contribution in [0.3, 0.4) is 0 Å². The molecule has 0 radical (unpaired) electrons. The van der Waals surface area contributed by atoms with Gasteiger partial charge in [-0.25, -0.2) is 18.7 Å².